The van der Waals surface area contributed by atoms with Crippen LogP contribution in [0.5, 0.6) is 0 Å². The van der Waals surface area contributed by atoms with E-state index < -0.39 is 143 Å². The number of imidazole rings is 1. The standard InChI is InChI=1S/C62H90N13O13P/c1-29-20-39-40(21-30(29)2)75(28-70-39)57-52(84)53(41(27-76)87-57)89(85,86)88-31(3)26-69-49(83)18-19-59(8)37(22-46(66)80)56-62(11)61(10,25-48(68)82)36(14-17-45(65)79)51(74-62)33(5)55-60(9,24-47(67)81)34(12-15-43(63)77)38(71-55)23-42-58(6,7)35(13-16-44(64)78)50(72-42)32(4)54(59)73-56/h20-21,23,28,31,34-37,41,52-53,56-57,71,76,84H,12-19,22,24-27H2,1-11H3,(H2,63,77)(H2,64,78)(H2,65,79)(H2,66,80)(H2,67,81)(H2,68,82)(H,69,83)(H,85,86)/p-1/b38-23?,50-32?,55-33-/t31-,34-,35-,36-,37+,41-,52-,53-,56?,57+,59-,60+,61+,62-/m1/s1. The lowest BCUT2D eigenvalue weighted by Crippen LogP contribution is -2.56. The summed E-state index contributed by atoms with van der Waals surface area (Å²) in [6.45, 7) is 19.2. The van der Waals surface area contributed by atoms with Crippen molar-refractivity contribution >= 4 is 77.1 Å². The zero-order valence-electron chi connectivity index (χ0n) is 52.8. The summed E-state index contributed by atoms with van der Waals surface area (Å²) < 4.78 is 27.6. The summed E-state index contributed by atoms with van der Waals surface area (Å²) in [6, 6.07) is 2.69. The molecule has 2 unspecified atom stereocenters. The number of nitrogens with zero attached hydrogens (tertiary/aromatic N) is 5. The van der Waals surface area contributed by atoms with Crippen molar-refractivity contribution in [1.29, 1.82) is 5.41 Å². The summed E-state index contributed by atoms with van der Waals surface area (Å²) in [6.07, 6.45) is -3.07. The molecule has 1 aromatic heterocycles. The van der Waals surface area contributed by atoms with Gasteiger partial charge in [-0.25, -0.2) is 4.98 Å². The average Bonchev–Trinajstić information content (AvgIpc) is 1.54. The van der Waals surface area contributed by atoms with Gasteiger partial charge in [0.2, 0.25) is 35.4 Å². The van der Waals surface area contributed by atoms with E-state index in [0.29, 0.717) is 56.4 Å². The third-order valence-electron chi connectivity index (χ3n) is 20.7. The van der Waals surface area contributed by atoms with Crippen molar-refractivity contribution in [3.8, 4) is 0 Å². The number of ether oxygens (including phenoxy) is 1. The van der Waals surface area contributed by atoms with Gasteiger partial charge >= 0.3 is 7.60 Å². The van der Waals surface area contributed by atoms with Crippen LogP contribution in [0.4, 0.5) is 0 Å². The predicted molar refractivity (Wildman–Crippen MR) is 331 cm³/mol. The van der Waals surface area contributed by atoms with E-state index >= 15 is 0 Å². The molecule has 27 heteroatoms. The van der Waals surface area contributed by atoms with Crippen LogP contribution >= 0.6 is 7.60 Å². The lowest BCUT2D eigenvalue weighted by Gasteiger charge is -2.48. The molecule has 0 aliphatic carbocycles. The van der Waals surface area contributed by atoms with E-state index in [9.17, 15) is 53.5 Å². The Balaban J connectivity index is 1.22. The number of aliphatic hydroxyl groups is 2. The molecule has 2 aromatic rings. The van der Waals surface area contributed by atoms with Crippen LogP contribution in [0.15, 0.2) is 67.8 Å². The Labute approximate surface area is 518 Å². The van der Waals surface area contributed by atoms with Gasteiger partial charge in [-0.3, -0.25) is 48.3 Å². The summed E-state index contributed by atoms with van der Waals surface area (Å²) in [5, 5.41) is 49.1. The number of aromatic nitrogens is 2. The molecule has 8 rings (SSSR count). The number of allylic oxidation sites excluding steroid dienone is 6. The van der Waals surface area contributed by atoms with Gasteiger partial charge in [0.25, 0.3) is 0 Å². The Kier molecular flexibility index (Phi) is 19.1. The minimum Gasteiger partial charge on any atom is -0.862 e. The molecule has 2 fully saturated rings. The highest BCUT2D eigenvalue weighted by Gasteiger charge is 2.66. The molecular formula is C62H89N13O13P-. The first kappa shape index (κ1) is 68.0. The summed E-state index contributed by atoms with van der Waals surface area (Å²) in [4.78, 5) is 114. The first-order valence-electron chi connectivity index (χ1n) is 30.4. The second-order valence-corrected chi connectivity index (χ2v) is 29.0. The number of fused-ring (bicyclic) bond motifs is 7. The normalized spacial score (nSPS) is 33.1. The van der Waals surface area contributed by atoms with Crippen LogP contribution in [-0.4, -0.2) is 132 Å². The fourth-order valence-electron chi connectivity index (χ4n) is 15.6. The number of hydrogen-bond donors (Lipinski definition) is 11. The number of carbonyl (C=O) groups excluding carboxylic acids is 6. The molecule has 1 aromatic carbocycles. The van der Waals surface area contributed by atoms with Crippen molar-refractivity contribution in [2.75, 3.05) is 13.2 Å². The second kappa shape index (κ2) is 25.0. The Morgan fingerprint density at radius 1 is 0.854 bits per heavy atom. The maximum atomic E-state index is 14.4. The predicted octanol–water partition coefficient (Wildman–Crippen LogP) is 3.08. The third-order valence-corrected chi connectivity index (χ3v) is 22.8. The van der Waals surface area contributed by atoms with E-state index in [2.05, 4.69) is 15.6 Å². The minimum atomic E-state index is -4.85. The lowest BCUT2D eigenvalue weighted by atomic mass is 9.55. The fourth-order valence-corrected chi connectivity index (χ4v) is 17.5. The molecule has 486 valence electrons. The molecule has 26 nitrogen and oxygen atoms in total. The van der Waals surface area contributed by atoms with E-state index in [1.165, 1.54) is 13.3 Å². The maximum absolute atomic E-state index is 14.4. The van der Waals surface area contributed by atoms with Gasteiger partial charge in [0.05, 0.1) is 41.7 Å². The topological polar surface area (TPSA) is 455 Å². The molecule has 0 saturated carbocycles. The SMILES string of the molecule is CC1=C2N=C(C=C3N/C(=C(/C)C4=N[C@](C)(C5N=C1[C@](C)(CCC(=O)NC[C@@H](C)OP(=O)(O)[C@H]1[C@@H](O)[C@@H](n6cnc7cc(C)c(C)cc76)O[C@@H]1CO)[C@H]5CC(N)=O)[C@@](C)(CC(N)=O)[C@@H]4CCC(N)=O)[C@@](C)(CC(N)=O)[C@@H]3CCC(=N)[O-])C(C)(C)[C@@H]2CCC(N)=O. The molecule has 6 aliphatic rings. The number of carbonyl (C=O) groups is 6. The molecular weight excluding hydrogens is 1170 g/mol. The molecule has 0 radical (unpaired) electrons. The van der Waals surface area contributed by atoms with Crippen LogP contribution in [0.25, 0.3) is 11.0 Å². The number of hydrogen-bond acceptors (Lipinski definition) is 18. The van der Waals surface area contributed by atoms with Gasteiger partial charge in [-0.15, -0.1) is 0 Å². The van der Waals surface area contributed by atoms with Crippen molar-refractivity contribution < 1.29 is 62.8 Å². The maximum Gasteiger partial charge on any atom is 0.337 e. The van der Waals surface area contributed by atoms with Crippen LogP contribution in [0, 0.1) is 64.6 Å². The minimum absolute atomic E-state index is 0.00715. The van der Waals surface area contributed by atoms with E-state index in [1.807, 2.05) is 80.5 Å². The Bertz CT molecular complexity index is 3510. The highest BCUT2D eigenvalue weighted by atomic mass is 31.2. The summed E-state index contributed by atoms with van der Waals surface area (Å²) in [5.74, 6) is -7.48. The number of primary amides is 5. The molecule has 0 spiro atoms. The van der Waals surface area contributed by atoms with Crippen LogP contribution in [0.3, 0.4) is 0 Å². The zero-order chi connectivity index (χ0) is 66.0. The monoisotopic (exact) mass is 1250 g/mol. The number of aliphatic hydroxyl groups excluding tert-OH is 2. The first-order chi connectivity index (χ1) is 41.4. The van der Waals surface area contributed by atoms with Gasteiger partial charge in [-0.2, -0.15) is 0 Å². The van der Waals surface area contributed by atoms with Crippen LogP contribution in [0.2, 0.25) is 0 Å². The van der Waals surface area contributed by atoms with Crippen LogP contribution in [-0.2, 0) is 42.6 Å². The zero-order valence-corrected chi connectivity index (χ0v) is 53.7. The Morgan fingerprint density at radius 2 is 1.47 bits per heavy atom. The van der Waals surface area contributed by atoms with E-state index in [4.69, 9.17) is 58.3 Å². The highest BCUT2D eigenvalue weighted by Crippen LogP contribution is 2.63. The van der Waals surface area contributed by atoms with Gasteiger partial charge in [-0.05, 0) is 120 Å². The van der Waals surface area contributed by atoms with Crippen molar-refractivity contribution in [3.63, 3.8) is 0 Å². The van der Waals surface area contributed by atoms with Gasteiger partial charge in [-0.1, -0.05) is 34.6 Å². The van der Waals surface area contributed by atoms with Crippen molar-refractivity contribution in [3.05, 3.63) is 63.9 Å². The molecule has 8 bridgehead atoms. The van der Waals surface area contributed by atoms with Crippen LogP contribution < -0.4 is 44.4 Å². The molecule has 6 amide bonds. The Morgan fingerprint density at radius 3 is 2.07 bits per heavy atom. The molecule has 89 heavy (non-hydrogen) atoms. The first-order valence-corrected chi connectivity index (χ1v) is 32.0. The summed E-state index contributed by atoms with van der Waals surface area (Å²) in [5.41, 5.74) is 29.8. The highest BCUT2D eigenvalue weighted by molar-refractivity contribution is 7.53. The number of amides is 6. The number of rotatable bonds is 25. The molecule has 16 N–H and O–H groups in total. The number of nitrogens with one attached hydrogen (secondary N) is 3. The van der Waals surface area contributed by atoms with Gasteiger partial charge < -0.3 is 78.8 Å². The number of aliphatic imine (C=N–C) groups is 3. The smallest absolute Gasteiger partial charge is 0.337 e. The lowest BCUT2D eigenvalue weighted by molar-refractivity contribution is -0.220. The van der Waals surface area contributed by atoms with Gasteiger partial charge in [0, 0.05) is 125 Å². The van der Waals surface area contributed by atoms with Crippen LogP contribution in [0.1, 0.15) is 150 Å². The summed E-state index contributed by atoms with van der Waals surface area (Å²) in [7, 11) is -4.85. The van der Waals surface area contributed by atoms with Crippen molar-refractivity contribution in [2.24, 2.45) is 89.0 Å². The molecule has 2 saturated heterocycles. The van der Waals surface area contributed by atoms with E-state index in [1.54, 1.807) is 11.5 Å². The van der Waals surface area contributed by atoms with Crippen molar-refractivity contribution in [2.45, 2.75) is 189 Å². The van der Waals surface area contributed by atoms with Crippen molar-refractivity contribution in [1.82, 2.24) is 20.2 Å². The number of aryl methyl sites for hydroxylation is 2. The molecule has 7 heterocycles. The van der Waals surface area contributed by atoms with E-state index in [-0.39, 0.29) is 77.2 Å². The summed E-state index contributed by atoms with van der Waals surface area (Å²) >= 11 is 0. The second-order valence-electron chi connectivity index (χ2n) is 27.1. The number of nitrogens with two attached hydrogens (primary N) is 5. The third kappa shape index (κ3) is 12.5. The van der Waals surface area contributed by atoms with Gasteiger partial charge in [0.1, 0.15) is 17.9 Å². The quantitative estimate of drug-likeness (QED) is 0.0387. The molecule has 6 aliphatic heterocycles. The fraction of sp³-hybridized carbons (Fsp3) is 0.629. The Hall–Kier alpha value is -6.96. The number of benzene rings is 1. The largest absolute Gasteiger partial charge is 0.862 e. The van der Waals surface area contributed by atoms with Gasteiger partial charge in [0.15, 0.2) is 6.23 Å². The average molecular weight is 1260 g/mol. The molecule has 15 atom stereocenters. The van der Waals surface area contributed by atoms with E-state index in [0.717, 1.165) is 11.1 Å².